The van der Waals surface area contributed by atoms with Crippen molar-refractivity contribution in [2.75, 3.05) is 13.7 Å². The molecule has 1 saturated heterocycles. The normalized spacial score (nSPS) is 14.7. The molecule has 0 bridgehead atoms. The molecule has 2 N–H and O–H groups in total. The summed E-state index contributed by atoms with van der Waals surface area (Å²) in [7, 11) is 1.40. The number of rotatable bonds is 8. The van der Waals surface area contributed by atoms with Crippen LogP contribution in [-0.2, 0) is 16.2 Å². The summed E-state index contributed by atoms with van der Waals surface area (Å²) in [4.78, 5) is 46.7. The molecule has 1 aliphatic rings. The third kappa shape index (κ3) is 5.18. The number of methoxy groups -OCH3 is 1. The lowest BCUT2D eigenvalue weighted by molar-refractivity contribution is -0.384. The summed E-state index contributed by atoms with van der Waals surface area (Å²) in [6, 6.07) is 9.04. The van der Waals surface area contributed by atoms with E-state index in [1.54, 1.807) is 18.2 Å². The van der Waals surface area contributed by atoms with Crippen molar-refractivity contribution in [3.05, 3.63) is 67.6 Å². The molecule has 32 heavy (non-hydrogen) atoms. The number of halogens is 1. The fourth-order valence-electron chi connectivity index (χ4n) is 2.82. The Morgan fingerprint density at radius 3 is 2.72 bits per heavy atom. The number of carbonyl (C=O) groups excluding carboxylic acids is 3. The van der Waals surface area contributed by atoms with Gasteiger partial charge < -0.3 is 15.2 Å². The van der Waals surface area contributed by atoms with Crippen molar-refractivity contribution in [2.24, 2.45) is 5.73 Å². The van der Waals surface area contributed by atoms with Crippen LogP contribution in [0.15, 0.2) is 41.3 Å². The lowest BCUT2D eigenvalue weighted by atomic mass is 10.1. The molecule has 0 aromatic heterocycles. The second-order valence-corrected chi connectivity index (χ2v) is 7.88. The number of nitro benzene ring substituents is 1. The highest BCUT2D eigenvalue weighted by Gasteiger charge is 2.35. The van der Waals surface area contributed by atoms with Crippen LogP contribution in [0.25, 0.3) is 6.08 Å². The number of imide groups is 1. The van der Waals surface area contributed by atoms with Gasteiger partial charge in [-0.1, -0.05) is 23.7 Å². The number of benzene rings is 2. The van der Waals surface area contributed by atoms with E-state index in [9.17, 15) is 24.5 Å². The van der Waals surface area contributed by atoms with E-state index in [1.165, 1.54) is 31.4 Å². The van der Waals surface area contributed by atoms with Crippen LogP contribution in [0, 0.1) is 10.1 Å². The molecule has 0 atom stereocenters. The first-order chi connectivity index (χ1) is 15.2. The quantitative estimate of drug-likeness (QED) is 0.346. The summed E-state index contributed by atoms with van der Waals surface area (Å²) < 4.78 is 11.0. The first kappa shape index (κ1) is 23.1. The molecule has 0 unspecified atom stereocenters. The molecule has 3 amide bonds. The molecule has 166 valence electrons. The number of carbonyl (C=O) groups is 3. The Bertz CT molecular complexity index is 1150. The highest BCUT2D eigenvalue weighted by Crippen LogP contribution is 2.39. The average Bonchev–Trinajstić information content (AvgIpc) is 2.99. The number of amides is 3. The van der Waals surface area contributed by atoms with Crippen LogP contribution in [0.2, 0.25) is 5.02 Å². The van der Waals surface area contributed by atoms with E-state index in [1.807, 2.05) is 0 Å². The molecule has 0 radical (unpaired) electrons. The summed E-state index contributed by atoms with van der Waals surface area (Å²) in [6.45, 7) is -0.500. The van der Waals surface area contributed by atoms with Crippen molar-refractivity contribution < 1.29 is 28.8 Å². The number of hydrogen-bond donors (Lipinski definition) is 1. The van der Waals surface area contributed by atoms with Gasteiger partial charge in [0.25, 0.3) is 16.8 Å². The number of hydrogen-bond acceptors (Lipinski definition) is 8. The highest BCUT2D eigenvalue weighted by atomic mass is 35.5. The van der Waals surface area contributed by atoms with Gasteiger partial charge in [-0.05, 0) is 41.1 Å². The van der Waals surface area contributed by atoms with Gasteiger partial charge in [-0.3, -0.25) is 29.4 Å². The molecule has 0 aliphatic carbocycles. The Morgan fingerprint density at radius 2 is 2.06 bits per heavy atom. The summed E-state index contributed by atoms with van der Waals surface area (Å²) in [5.74, 6) is -0.978. The minimum Gasteiger partial charge on any atom is -0.493 e. The molecule has 0 spiro atoms. The van der Waals surface area contributed by atoms with Gasteiger partial charge in [0.2, 0.25) is 5.91 Å². The van der Waals surface area contributed by atoms with Crippen LogP contribution >= 0.6 is 23.4 Å². The van der Waals surface area contributed by atoms with E-state index in [-0.39, 0.29) is 33.7 Å². The Kier molecular flexibility index (Phi) is 7.01. The molecule has 2 aromatic carbocycles. The third-order valence-corrected chi connectivity index (χ3v) is 5.43. The zero-order chi connectivity index (χ0) is 23.4. The van der Waals surface area contributed by atoms with Gasteiger partial charge in [-0.2, -0.15) is 0 Å². The molecule has 0 saturated carbocycles. The summed E-state index contributed by atoms with van der Waals surface area (Å²) in [6.07, 6.45) is 1.44. The number of non-ortho nitro benzene ring substituents is 1. The first-order valence-corrected chi connectivity index (χ1v) is 10.2. The zero-order valence-corrected chi connectivity index (χ0v) is 18.1. The predicted octanol–water partition coefficient (Wildman–Crippen LogP) is 3.36. The van der Waals surface area contributed by atoms with E-state index < -0.39 is 28.5 Å². The van der Waals surface area contributed by atoms with Crippen molar-refractivity contribution in [3.63, 3.8) is 0 Å². The van der Waals surface area contributed by atoms with Crippen molar-refractivity contribution in [2.45, 2.75) is 6.61 Å². The van der Waals surface area contributed by atoms with Crippen LogP contribution in [0.1, 0.15) is 11.1 Å². The number of nitrogens with two attached hydrogens (primary N) is 1. The second-order valence-electron chi connectivity index (χ2n) is 6.48. The van der Waals surface area contributed by atoms with Crippen molar-refractivity contribution in [3.8, 4) is 11.5 Å². The molecule has 1 fully saturated rings. The fraction of sp³-hybridized carbons (Fsp3) is 0.150. The van der Waals surface area contributed by atoms with Gasteiger partial charge in [0.1, 0.15) is 13.2 Å². The van der Waals surface area contributed by atoms with Crippen LogP contribution < -0.4 is 15.2 Å². The van der Waals surface area contributed by atoms with Crippen LogP contribution in [0.5, 0.6) is 11.5 Å². The van der Waals surface area contributed by atoms with Gasteiger partial charge in [-0.25, -0.2) is 0 Å². The van der Waals surface area contributed by atoms with Gasteiger partial charge >= 0.3 is 0 Å². The van der Waals surface area contributed by atoms with Gasteiger partial charge in [0.15, 0.2) is 11.5 Å². The second kappa shape index (κ2) is 9.71. The molecule has 10 nitrogen and oxygen atoms in total. The molecule has 3 rings (SSSR count). The Hall–Kier alpha value is -3.57. The maximum Gasteiger partial charge on any atom is 0.294 e. The Morgan fingerprint density at radius 1 is 1.31 bits per heavy atom. The van der Waals surface area contributed by atoms with E-state index >= 15 is 0 Å². The van der Waals surface area contributed by atoms with Gasteiger partial charge in [0, 0.05) is 12.1 Å². The molecule has 2 aromatic rings. The minimum atomic E-state index is -0.802. The van der Waals surface area contributed by atoms with Crippen LogP contribution in [-0.4, -0.2) is 40.5 Å². The monoisotopic (exact) mass is 477 g/mol. The lowest BCUT2D eigenvalue weighted by Crippen LogP contribution is -2.36. The summed E-state index contributed by atoms with van der Waals surface area (Å²) in [5, 5.41) is 10.5. The molecular formula is C20H16ClN3O7S. The SMILES string of the molecule is COc1cc(/C=C2\SC(=O)N(CC(N)=O)C2=O)cc(Cl)c1OCc1cccc([N+](=O)[O-])c1. The van der Waals surface area contributed by atoms with E-state index in [2.05, 4.69) is 0 Å². The van der Waals surface area contributed by atoms with Crippen LogP contribution in [0.4, 0.5) is 10.5 Å². The minimum absolute atomic E-state index is 0.00309. The highest BCUT2D eigenvalue weighted by molar-refractivity contribution is 8.18. The maximum atomic E-state index is 12.4. The first-order valence-electron chi connectivity index (χ1n) is 8.97. The zero-order valence-electron chi connectivity index (χ0n) is 16.6. The van der Waals surface area contributed by atoms with Crippen molar-refractivity contribution in [1.82, 2.24) is 4.90 Å². The Balaban J connectivity index is 1.82. The van der Waals surface area contributed by atoms with E-state index in [4.69, 9.17) is 26.8 Å². The molecule has 1 heterocycles. The number of thioether (sulfide) groups is 1. The van der Waals surface area contributed by atoms with E-state index in [0.29, 0.717) is 22.9 Å². The van der Waals surface area contributed by atoms with Crippen LogP contribution in [0.3, 0.4) is 0 Å². The van der Waals surface area contributed by atoms with Crippen molar-refractivity contribution in [1.29, 1.82) is 0 Å². The standard InChI is InChI=1S/C20H16ClN3O7S/c1-30-15-7-12(8-16-19(26)23(9-17(22)25)20(27)32-16)6-14(21)18(15)31-10-11-3-2-4-13(5-11)24(28)29/h2-8H,9-10H2,1H3,(H2,22,25)/b16-8-. The number of primary amides is 1. The lowest BCUT2D eigenvalue weighted by Gasteiger charge is -2.13. The fourth-order valence-corrected chi connectivity index (χ4v) is 3.93. The third-order valence-electron chi connectivity index (χ3n) is 4.24. The smallest absolute Gasteiger partial charge is 0.294 e. The largest absolute Gasteiger partial charge is 0.493 e. The van der Waals surface area contributed by atoms with Gasteiger partial charge in [0.05, 0.1) is 22.0 Å². The number of ether oxygens (including phenoxy) is 2. The van der Waals surface area contributed by atoms with Gasteiger partial charge in [-0.15, -0.1) is 0 Å². The number of nitro groups is 1. The maximum absolute atomic E-state index is 12.4. The summed E-state index contributed by atoms with van der Waals surface area (Å²) in [5.41, 5.74) is 6.02. The predicted molar refractivity (Wildman–Crippen MR) is 117 cm³/mol. The number of nitrogens with zero attached hydrogens (tertiary/aromatic N) is 2. The average molecular weight is 478 g/mol. The van der Waals surface area contributed by atoms with E-state index in [0.717, 1.165) is 4.90 Å². The molecule has 1 aliphatic heterocycles. The summed E-state index contributed by atoms with van der Waals surface area (Å²) >= 11 is 7.01. The Labute approximate surface area is 191 Å². The molecular weight excluding hydrogens is 462 g/mol. The van der Waals surface area contributed by atoms with Crippen molar-refractivity contribution >= 4 is 52.2 Å². The topological polar surface area (TPSA) is 142 Å². The molecule has 12 heteroatoms.